The van der Waals surface area contributed by atoms with E-state index in [0.717, 1.165) is 18.8 Å². The van der Waals surface area contributed by atoms with Crippen LogP contribution in [0.25, 0.3) is 0 Å². The van der Waals surface area contributed by atoms with Gasteiger partial charge in [0.1, 0.15) is 30.5 Å². The van der Waals surface area contributed by atoms with Crippen LogP contribution in [0.15, 0.2) is 65.4 Å². The van der Waals surface area contributed by atoms with Gasteiger partial charge in [0.05, 0.1) is 18.5 Å². The summed E-state index contributed by atoms with van der Waals surface area (Å²) in [6.45, 7) is 10.8. The molecule has 0 aromatic heterocycles. The molecule has 1 spiro atoms. The molecule has 252 valence electrons. The monoisotopic (exact) mass is 644 g/mol. The van der Waals surface area contributed by atoms with Crippen LogP contribution in [-0.2, 0) is 9.53 Å². The van der Waals surface area contributed by atoms with Gasteiger partial charge in [-0.1, -0.05) is 6.08 Å². The molecule has 0 amide bonds. The molecule has 1 N–H and O–H groups in total. The number of aliphatic hydroxyl groups excluding tert-OH is 1. The summed E-state index contributed by atoms with van der Waals surface area (Å²) < 4.78 is 45.7. The van der Waals surface area contributed by atoms with Gasteiger partial charge in [-0.15, -0.1) is 12.3 Å². The van der Waals surface area contributed by atoms with Crippen LogP contribution in [0, 0.1) is 12.3 Å². The van der Waals surface area contributed by atoms with E-state index in [1.54, 1.807) is 31.0 Å². The van der Waals surface area contributed by atoms with Crippen molar-refractivity contribution in [3.05, 3.63) is 65.9 Å². The number of likely N-dealkylation sites (tertiary alicyclic amines) is 1. The van der Waals surface area contributed by atoms with Crippen molar-refractivity contribution in [3.8, 4) is 12.3 Å². The number of piperidine rings is 1. The number of nitrogens with zero attached hydrogens (tertiary/aromatic N) is 4. The van der Waals surface area contributed by atoms with Crippen LogP contribution in [-0.4, -0.2) is 89.6 Å². The second-order valence-electron chi connectivity index (χ2n) is 12.3. The van der Waals surface area contributed by atoms with E-state index in [-0.39, 0.29) is 24.6 Å². The molecule has 2 fully saturated rings. The van der Waals surface area contributed by atoms with Crippen LogP contribution < -0.4 is 4.90 Å². The molecule has 1 aromatic carbocycles. The van der Waals surface area contributed by atoms with Crippen molar-refractivity contribution in [2.75, 3.05) is 50.9 Å². The summed E-state index contributed by atoms with van der Waals surface area (Å²) in [5.74, 6) is -0.00603. The number of Topliss-reactive ketones (excluding diaryl/α,β-unsaturated/α-hetero) is 1. The van der Waals surface area contributed by atoms with Gasteiger partial charge in [0.2, 0.25) is 0 Å². The number of allylic oxidation sites excluding steroid dienone is 4. The molecule has 0 unspecified atom stereocenters. The first-order valence-electron chi connectivity index (χ1n) is 15.3. The highest BCUT2D eigenvalue weighted by atomic mass is 19.1. The number of carbonyl (C=O) groups is 2. The number of aliphatic hydroxyl groups is 1. The molecule has 11 heteroatoms. The fourth-order valence-corrected chi connectivity index (χ4v) is 5.05. The number of hydrogen-bond donors (Lipinski definition) is 1. The molecule has 8 nitrogen and oxygen atoms in total. The van der Waals surface area contributed by atoms with Crippen molar-refractivity contribution in [1.82, 2.24) is 9.91 Å². The van der Waals surface area contributed by atoms with Gasteiger partial charge in [-0.25, -0.2) is 13.2 Å². The fourth-order valence-electron chi connectivity index (χ4n) is 5.05. The summed E-state index contributed by atoms with van der Waals surface area (Å²) in [7, 11) is 0. The van der Waals surface area contributed by atoms with Crippen LogP contribution in [0.1, 0.15) is 70.7 Å². The number of benzene rings is 1. The van der Waals surface area contributed by atoms with Crippen LogP contribution >= 0.6 is 0 Å². The van der Waals surface area contributed by atoms with Gasteiger partial charge in [0, 0.05) is 74.7 Å². The zero-order valence-corrected chi connectivity index (χ0v) is 27.6. The van der Waals surface area contributed by atoms with E-state index in [9.17, 15) is 22.8 Å². The predicted octanol–water partition coefficient (Wildman–Crippen LogP) is 6.15. The summed E-state index contributed by atoms with van der Waals surface area (Å²) in [5.41, 5.74) is 0.772. The van der Waals surface area contributed by atoms with E-state index >= 15 is 0 Å². The number of esters is 1. The lowest BCUT2D eigenvalue weighted by atomic mass is 9.90. The van der Waals surface area contributed by atoms with Gasteiger partial charge in [0.15, 0.2) is 5.78 Å². The normalized spacial score (nSPS) is 18.0. The van der Waals surface area contributed by atoms with Crippen LogP contribution in [0.5, 0.6) is 0 Å². The highest BCUT2D eigenvalue weighted by Gasteiger charge is 2.41. The van der Waals surface area contributed by atoms with Gasteiger partial charge >= 0.3 is 5.97 Å². The average Bonchev–Trinajstić information content (AvgIpc) is 3.15. The SMILES string of the molecule is C#CC.C/C(C/C(F)=C\C(F)=C/CF)=N\N(/C=C/CN1CCC2(CC1)CN(c1ccc(C(=O)CO)cc1)CCC(=O)O2)C(C)(C)C. The Kier molecular flexibility index (Phi) is 15.2. The Morgan fingerprint density at radius 1 is 1.20 bits per heavy atom. The molecule has 0 bridgehead atoms. The van der Waals surface area contributed by atoms with Crippen molar-refractivity contribution in [1.29, 1.82) is 0 Å². The Bertz CT molecular complexity index is 1320. The summed E-state index contributed by atoms with van der Waals surface area (Å²) in [6.07, 6.45) is 11.2. The molecule has 2 heterocycles. The first-order chi connectivity index (χ1) is 21.7. The zero-order valence-electron chi connectivity index (χ0n) is 27.6. The second-order valence-corrected chi connectivity index (χ2v) is 12.3. The van der Waals surface area contributed by atoms with Crippen LogP contribution in [0.4, 0.5) is 18.9 Å². The highest BCUT2D eigenvalue weighted by Crippen LogP contribution is 2.32. The Morgan fingerprint density at radius 3 is 2.39 bits per heavy atom. The third-order valence-corrected chi connectivity index (χ3v) is 7.43. The number of rotatable bonds is 11. The maximum atomic E-state index is 14.1. The molecule has 0 atom stereocenters. The number of hydrazone groups is 1. The number of carbonyl (C=O) groups excluding carboxylic acids is 2. The van der Waals surface area contributed by atoms with E-state index in [0.29, 0.717) is 55.9 Å². The van der Waals surface area contributed by atoms with E-state index in [1.165, 1.54) is 0 Å². The molecule has 2 aliphatic rings. The first-order valence-corrected chi connectivity index (χ1v) is 15.3. The van der Waals surface area contributed by atoms with E-state index in [2.05, 4.69) is 27.2 Å². The van der Waals surface area contributed by atoms with Gasteiger partial charge < -0.3 is 14.7 Å². The lowest BCUT2D eigenvalue weighted by Gasteiger charge is -2.42. The summed E-state index contributed by atoms with van der Waals surface area (Å²) in [5, 5.41) is 15.4. The average molecular weight is 645 g/mol. The largest absolute Gasteiger partial charge is 0.457 e. The predicted molar refractivity (Wildman–Crippen MR) is 177 cm³/mol. The lowest BCUT2D eigenvalue weighted by molar-refractivity contribution is -0.161. The summed E-state index contributed by atoms with van der Waals surface area (Å²) in [6, 6.07) is 7.05. The van der Waals surface area contributed by atoms with Gasteiger partial charge in [0.25, 0.3) is 0 Å². The molecule has 3 rings (SSSR count). The van der Waals surface area contributed by atoms with E-state index in [4.69, 9.17) is 9.84 Å². The Balaban J connectivity index is 0.00000236. The smallest absolute Gasteiger partial charge is 0.308 e. The van der Waals surface area contributed by atoms with Crippen molar-refractivity contribution in [2.45, 2.75) is 71.4 Å². The minimum absolute atomic E-state index is 0.192. The van der Waals surface area contributed by atoms with Crippen LogP contribution in [0.3, 0.4) is 0 Å². The number of hydrogen-bond acceptors (Lipinski definition) is 8. The molecule has 0 saturated carbocycles. The standard InChI is InChI=1S/C32H43F3N4O4.C3H4/c1-24(20-27(35)21-26(34)10-14-33)36-39(31(2,3)4)16-5-15-37-18-12-32(13-19-37)23-38(17-11-30(42)43-32)28-8-6-25(7-9-28)29(41)22-40;1-3-2/h5-10,16,21,40H,11-15,17-20,22-23H2,1-4H3;1H,2H3/b16-5+,26-10+,27-21+,36-24+;. The molecule has 2 saturated heterocycles. The Labute approximate surface area is 271 Å². The first kappa shape index (κ1) is 38.3. The highest BCUT2D eigenvalue weighted by molar-refractivity contribution is 5.97. The van der Waals surface area contributed by atoms with Gasteiger partial charge in [-0.05, 0) is 65.0 Å². The maximum Gasteiger partial charge on any atom is 0.308 e. The summed E-state index contributed by atoms with van der Waals surface area (Å²) >= 11 is 0. The van der Waals surface area contributed by atoms with Crippen molar-refractivity contribution in [2.24, 2.45) is 5.10 Å². The van der Waals surface area contributed by atoms with Crippen LogP contribution in [0.2, 0.25) is 0 Å². The Morgan fingerprint density at radius 2 is 1.83 bits per heavy atom. The van der Waals surface area contributed by atoms with E-state index < -0.39 is 36.1 Å². The molecular formula is C35H47F3N4O4. The van der Waals surface area contributed by atoms with Crippen molar-refractivity contribution < 1.29 is 32.6 Å². The zero-order chi connectivity index (χ0) is 34.3. The number of ketones is 1. The molecule has 46 heavy (non-hydrogen) atoms. The lowest BCUT2D eigenvalue weighted by Crippen LogP contribution is -2.52. The third-order valence-electron chi connectivity index (χ3n) is 7.43. The molecular weight excluding hydrogens is 597 g/mol. The quantitative estimate of drug-likeness (QED) is 0.0773. The molecule has 0 aliphatic carbocycles. The Hall–Kier alpha value is -3.88. The minimum Gasteiger partial charge on any atom is -0.457 e. The van der Waals surface area contributed by atoms with Gasteiger partial charge in [-0.3, -0.25) is 19.5 Å². The van der Waals surface area contributed by atoms with Crippen molar-refractivity contribution >= 4 is 23.2 Å². The second kappa shape index (κ2) is 18.3. The minimum atomic E-state index is -1.00. The molecule has 0 radical (unpaired) electrons. The number of halogens is 3. The van der Waals surface area contributed by atoms with E-state index in [1.807, 2.05) is 45.2 Å². The number of terminal acetylenes is 1. The van der Waals surface area contributed by atoms with Crippen molar-refractivity contribution in [3.63, 3.8) is 0 Å². The number of alkyl halides is 1. The third kappa shape index (κ3) is 12.5. The maximum absolute atomic E-state index is 14.1. The summed E-state index contributed by atoms with van der Waals surface area (Å²) in [4.78, 5) is 28.7. The molecule has 2 aliphatic heterocycles. The topological polar surface area (TPSA) is 85.7 Å². The fraction of sp³-hybridized carbons (Fsp3) is 0.514. The number of ether oxygens (including phenoxy) is 1. The van der Waals surface area contributed by atoms with Gasteiger partial charge in [-0.2, -0.15) is 5.10 Å². The molecule has 1 aromatic rings. The number of anilines is 1.